The van der Waals surface area contributed by atoms with Crippen LogP contribution in [0.3, 0.4) is 0 Å². The van der Waals surface area contributed by atoms with Crippen molar-refractivity contribution in [2.24, 2.45) is 0 Å². The molecular weight excluding hydrogens is 281 g/mol. The van der Waals surface area contributed by atoms with Gasteiger partial charge in [-0.3, -0.25) is 4.79 Å². The molecule has 0 aromatic heterocycles. The van der Waals surface area contributed by atoms with Gasteiger partial charge in [0.2, 0.25) is 0 Å². The van der Waals surface area contributed by atoms with E-state index in [9.17, 15) is 4.79 Å². The van der Waals surface area contributed by atoms with Crippen molar-refractivity contribution in [3.63, 3.8) is 0 Å². The molecule has 5 nitrogen and oxygen atoms in total. The first kappa shape index (κ1) is 16.5. The minimum absolute atomic E-state index is 0.202. The Hall–Kier alpha value is -1.84. The van der Waals surface area contributed by atoms with Gasteiger partial charge in [0.25, 0.3) is 0 Å². The molecule has 1 aromatic carbocycles. The fourth-order valence-electron chi connectivity index (χ4n) is 2.28. The van der Waals surface area contributed by atoms with Crippen molar-refractivity contribution in [2.45, 2.75) is 51.2 Å². The molecular formula is C16H20BNO4. The predicted octanol–water partition coefficient (Wildman–Crippen LogP) is 2.07. The Morgan fingerprint density at radius 1 is 1.23 bits per heavy atom. The van der Waals surface area contributed by atoms with Gasteiger partial charge in [-0.2, -0.15) is 5.26 Å². The van der Waals surface area contributed by atoms with E-state index < -0.39 is 30.2 Å². The average Bonchev–Trinajstić information content (AvgIpc) is 2.65. The SMILES string of the molecule is CC1(C)OB(c2ccc(C(C#N)CC(=O)O)cc2)OC1(C)C. The van der Waals surface area contributed by atoms with E-state index in [0.717, 1.165) is 5.46 Å². The molecule has 0 bridgehead atoms. The van der Waals surface area contributed by atoms with Crippen LogP contribution in [0.2, 0.25) is 0 Å². The summed E-state index contributed by atoms with van der Waals surface area (Å²) in [6.45, 7) is 7.94. The zero-order chi connectivity index (χ0) is 16.5. The number of carboxylic acids is 1. The summed E-state index contributed by atoms with van der Waals surface area (Å²) in [7, 11) is -0.459. The summed E-state index contributed by atoms with van der Waals surface area (Å²) in [6, 6.07) is 9.19. The van der Waals surface area contributed by atoms with Crippen LogP contribution in [0.4, 0.5) is 0 Å². The van der Waals surface area contributed by atoms with Crippen LogP contribution in [-0.2, 0) is 14.1 Å². The van der Waals surface area contributed by atoms with Crippen LogP contribution in [0.5, 0.6) is 0 Å². The molecule has 1 unspecified atom stereocenters. The summed E-state index contributed by atoms with van der Waals surface area (Å²) in [6.07, 6.45) is -0.202. The number of nitriles is 1. The molecule has 22 heavy (non-hydrogen) atoms. The largest absolute Gasteiger partial charge is 0.494 e. The lowest BCUT2D eigenvalue weighted by Crippen LogP contribution is -2.41. The van der Waals surface area contributed by atoms with E-state index in [0.29, 0.717) is 5.56 Å². The summed E-state index contributed by atoms with van der Waals surface area (Å²) in [5, 5.41) is 17.9. The molecule has 6 heteroatoms. The monoisotopic (exact) mass is 301 g/mol. The fourth-order valence-corrected chi connectivity index (χ4v) is 2.28. The van der Waals surface area contributed by atoms with Crippen molar-refractivity contribution in [1.82, 2.24) is 0 Å². The number of rotatable bonds is 4. The first-order valence-electron chi connectivity index (χ1n) is 7.23. The number of hydrogen-bond acceptors (Lipinski definition) is 4. The van der Waals surface area contributed by atoms with E-state index >= 15 is 0 Å². The topological polar surface area (TPSA) is 79.5 Å². The highest BCUT2D eigenvalue weighted by Gasteiger charge is 2.51. The predicted molar refractivity (Wildman–Crippen MR) is 82.8 cm³/mol. The zero-order valence-electron chi connectivity index (χ0n) is 13.3. The van der Waals surface area contributed by atoms with Crippen LogP contribution in [0.15, 0.2) is 24.3 Å². The maximum Gasteiger partial charge on any atom is 0.494 e. The second-order valence-electron chi connectivity index (χ2n) is 6.53. The smallest absolute Gasteiger partial charge is 0.481 e. The maximum absolute atomic E-state index is 10.8. The Bertz CT molecular complexity index is 588. The Balaban J connectivity index is 2.17. The third-order valence-electron chi connectivity index (χ3n) is 4.40. The molecule has 2 rings (SSSR count). The lowest BCUT2D eigenvalue weighted by atomic mass is 9.78. The molecule has 0 amide bonds. The second-order valence-corrected chi connectivity index (χ2v) is 6.53. The quantitative estimate of drug-likeness (QED) is 0.861. The number of carbonyl (C=O) groups is 1. The molecule has 0 spiro atoms. The van der Waals surface area contributed by atoms with Crippen LogP contribution in [0.25, 0.3) is 0 Å². The third-order valence-corrected chi connectivity index (χ3v) is 4.40. The van der Waals surface area contributed by atoms with E-state index in [1.165, 1.54) is 0 Å². The van der Waals surface area contributed by atoms with E-state index in [-0.39, 0.29) is 6.42 Å². The number of aliphatic carboxylic acids is 1. The van der Waals surface area contributed by atoms with Crippen molar-refractivity contribution in [2.75, 3.05) is 0 Å². The van der Waals surface area contributed by atoms with Crippen LogP contribution in [0.1, 0.15) is 45.6 Å². The summed E-state index contributed by atoms with van der Waals surface area (Å²) >= 11 is 0. The molecule has 0 radical (unpaired) electrons. The molecule has 116 valence electrons. The first-order chi connectivity index (χ1) is 10.2. The third kappa shape index (κ3) is 3.16. The van der Waals surface area contributed by atoms with Gasteiger partial charge in [-0.25, -0.2) is 0 Å². The van der Waals surface area contributed by atoms with E-state index in [1.807, 2.05) is 45.9 Å². The van der Waals surface area contributed by atoms with Crippen LogP contribution >= 0.6 is 0 Å². The van der Waals surface area contributed by atoms with Crippen molar-refractivity contribution in [3.8, 4) is 6.07 Å². The number of hydrogen-bond donors (Lipinski definition) is 1. The lowest BCUT2D eigenvalue weighted by molar-refractivity contribution is -0.137. The van der Waals surface area contributed by atoms with Gasteiger partial charge in [-0.1, -0.05) is 24.3 Å². The van der Waals surface area contributed by atoms with Crippen LogP contribution < -0.4 is 5.46 Å². The summed E-state index contributed by atoms with van der Waals surface area (Å²) in [5.74, 6) is -1.63. The van der Waals surface area contributed by atoms with Gasteiger partial charge < -0.3 is 14.4 Å². The Labute approximate surface area is 131 Å². The molecule has 1 saturated heterocycles. The highest BCUT2D eigenvalue weighted by Crippen LogP contribution is 2.36. The molecule has 1 aromatic rings. The zero-order valence-corrected chi connectivity index (χ0v) is 13.3. The number of carboxylic acid groups (broad SMARTS) is 1. The van der Waals surface area contributed by atoms with Gasteiger partial charge >= 0.3 is 13.1 Å². The van der Waals surface area contributed by atoms with Crippen LogP contribution in [-0.4, -0.2) is 29.4 Å². The standard InChI is InChI=1S/C16H20BNO4/c1-15(2)16(3,4)22-17(21-15)13-7-5-11(6-8-13)12(10-18)9-14(19)20/h5-8,12H,9H2,1-4H3,(H,19,20). The number of benzene rings is 1. The van der Waals surface area contributed by atoms with Gasteiger partial charge in [0.15, 0.2) is 0 Å². The van der Waals surface area contributed by atoms with Crippen molar-refractivity contribution in [3.05, 3.63) is 29.8 Å². The second kappa shape index (κ2) is 5.75. The highest BCUT2D eigenvalue weighted by molar-refractivity contribution is 6.62. The number of nitrogens with zero attached hydrogens (tertiary/aromatic N) is 1. The van der Waals surface area contributed by atoms with Gasteiger partial charge in [0, 0.05) is 0 Å². The molecule has 0 saturated carbocycles. The van der Waals surface area contributed by atoms with E-state index in [1.54, 1.807) is 12.1 Å². The molecule has 0 aliphatic carbocycles. The molecule has 1 atom stereocenters. The molecule has 1 fully saturated rings. The molecule has 1 aliphatic rings. The summed E-state index contributed by atoms with van der Waals surface area (Å²) < 4.78 is 11.9. The Morgan fingerprint density at radius 3 is 2.14 bits per heavy atom. The van der Waals surface area contributed by atoms with Crippen molar-refractivity contribution < 1.29 is 19.2 Å². The summed E-state index contributed by atoms with van der Waals surface area (Å²) in [5.41, 5.74) is 0.725. The van der Waals surface area contributed by atoms with Crippen molar-refractivity contribution >= 4 is 18.6 Å². The van der Waals surface area contributed by atoms with Gasteiger partial charge in [0.05, 0.1) is 29.6 Å². The fraction of sp³-hybridized carbons (Fsp3) is 0.500. The molecule has 1 heterocycles. The van der Waals surface area contributed by atoms with Gasteiger partial charge in [-0.05, 0) is 38.7 Å². The maximum atomic E-state index is 10.8. The van der Waals surface area contributed by atoms with Crippen LogP contribution in [0, 0.1) is 11.3 Å². The van der Waals surface area contributed by atoms with E-state index in [4.69, 9.17) is 19.7 Å². The lowest BCUT2D eigenvalue weighted by Gasteiger charge is -2.32. The molecule has 1 aliphatic heterocycles. The minimum Gasteiger partial charge on any atom is -0.481 e. The van der Waals surface area contributed by atoms with E-state index in [2.05, 4.69) is 0 Å². The Kier molecular flexibility index (Phi) is 4.32. The average molecular weight is 301 g/mol. The summed E-state index contributed by atoms with van der Waals surface area (Å²) in [4.78, 5) is 10.8. The van der Waals surface area contributed by atoms with Gasteiger partial charge in [-0.15, -0.1) is 0 Å². The highest BCUT2D eigenvalue weighted by atomic mass is 16.7. The van der Waals surface area contributed by atoms with Crippen molar-refractivity contribution in [1.29, 1.82) is 5.26 Å². The first-order valence-corrected chi connectivity index (χ1v) is 7.23. The normalized spacial score (nSPS) is 20.4. The minimum atomic E-state index is -0.985. The molecule has 1 N–H and O–H groups in total. The Morgan fingerprint density at radius 2 is 1.73 bits per heavy atom. The van der Waals surface area contributed by atoms with Gasteiger partial charge in [0.1, 0.15) is 0 Å².